The number of hydrogen-bond acceptors (Lipinski definition) is 4. The summed E-state index contributed by atoms with van der Waals surface area (Å²) in [5, 5.41) is 2.31. The van der Waals surface area contributed by atoms with E-state index < -0.39 is 5.91 Å². The van der Waals surface area contributed by atoms with Gasteiger partial charge in [-0.25, -0.2) is 0 Å². The van der Waals surface area contributed by atoms with Gasteiger partial charge in [-0.15, -0.1) is 0 Å². The monoisotopic (exact) mass is 323 g/mol. The zero-order chi connectivity index (χ0) is 17.1. The van der Waals surface area contributed by atoms with Crippen molar-refractivity contribution in [3.05, 3.63) is 59.2 Å². The minimum atomic E-state index is -0.440. The van der Waals surface area contributed by atoms with E-state index in [4.69, 9.17) is 4.74 Å². The maximum atomic E-state index is 12.1. The van der Waals surface area contributed by atoms with Gasteiger partial charge < -0.3 is 9.53 Å². The number of carbonyl (C=O) groups excluding carboxylic acids is 3. The molecule has 0 saturated carbocycles. The van der Waals surface area contributed by atoms with Gasteiger partial charge in [0.25, 0.3) is 5.91 Å². The lowest BCUT2D eigenvalue weighted by atomic mass is 9.99. The molecule has 0 unspecified atom stereocenters. The fraction of sp³-hybridized carbons (Fsp3) is 0.211. The highest BCUT2D eigenvalue weighted by Gasteiger charge is 2.26. The quantitative estimate of drug-likeness (QED) is 0.859. The predicted molar refractivity (Wildman–Crippen MR) is 88.1 cm³/mol. The van der Waals surface area contributed by atoms with E-state index in [1.54, 1.807) is 31.2 Å². The molecule has 1 N–H and O–H groups in total. The Kier molecular flexibility index (Phi) is 4.42. The molecule has 5 heteroatoms. The second-order valence-corrected chi connectivity index (χ2v) is 5.80. The highest BCUT2D eigenvalue weighted by atomic mass is 16.5. The largest absolute Gasteiger partial charge is 0.457 e. The zero-order valence-electron chi connectivity index (χ0n) is 13.3. The molecular weight excluding hydrogens is 306 g/mol. The Morgan fingerprint density at radius 1 is 1.17 bits per heavy atom. The summed E-state index contributed by atoms with van der Waals surface area (Å²) in [5.41, 5.74) is 2.05. The molecule has 3 rings (SSSR count). The summed E-state index contributed by atoms with van der Waals surface area (Å²) in [7, 11) is 0. The van der Waals surface area contributed by atoms with Gasteiger partial charge in [0, 0.05) is 6.42 Å². The minimum absolute atomic E-state index is 0.139. The molecule has 0 fully saturated rings. The second kappa shape index (κ2) is 6.66. The highest BCUT2D eigenvalue weighted by Crippen LogP contribution is 2.30. The summed E-state index contributed by atoms with van der Waals surface area (Å²) in [6.07, 6.45) is 1.29. The van der Waals surface area contributed by atoms with Gasteiger partial charge in [-0.3, -0.25) is 14.9 Å². The molecule has 1 aliphatic rings. The van der Waals surface area contributed by atoms with Gasteiger partial charge >= 0.3 is 0 Å². The number of benzene rings is 2. The average molecular weight is 323 g/mol. The topological polar surface area (TPSA) is 72.5 Å². The molecule has 0 radical (unpaired) electrons. The number of amides is 2. The third-order valence-electron chi connectivity index (χ3n) is 3.84. The standard InChI is InChI=1S/C19H17NO4/c1-12(21)8-9-13-4-2-6-15(10-13)24-16-7-3-5-14-11-17(22)20-19(23)18(14)16/h2-7,10H,8-9,11H2,1H3,(H,20,22,23). The molecule has 0 aliphatic carbocycles. The van der Waals surface area contributed by atoms with Crippen molar-refractivity contribution in [3.63, 3.8) is 0 Å². The first-order valence-corrected chi connectivity index (χ1v) is 7.75. The number of Topliss-reactive ketones (excluding diaryl/α,β-unsaturated/α-hetero) is 1. The smallest absolute Gasteiger partial charge is 0.261 e. The van der Waals surface area contributed by atoms with E-state index in [0.717, 1.165) is 5.56 Å². The first kappa shape index (κ1) is 15.9. The number of ketones is 1. The van der Waals surface area contributed by atoms with E-state index >= 15 is 0 Å². The van der Waals surface area contributed by atoms with Crippen molar-refractivity contribution in [2.45, 2.75) is 26.2 Å². The summed E-state index contributed by atoms with van der Waals surface area (Å²) in [6, 6.07) is 12.7. The van der Waals surface area contributed by atoms with E-state index in [1.807, 2.05) is 18.2 Å². The Balaban J connectivity index is 1.86. The third-order valence-corrected chi connectivity index (χ3v) is 3.84. The maximum absolute atomic E-state index is 12.1. The number of carbonyl (C=O) groups is 3. The van der Waals surface area contributed by atoms with Crippen LogP contribution in [0.4, 0.5) is 0 Å². The molecule has 0 atom stereocenters. The van der Waals surface area contributed by atoms with E-state index in [0.29, 0.717) is 35.5 Å². The molecule has 0 spiro atoms. The number of nitrogens with one attached hydrogen (secondary N) is 1. The summed E-state index contributed by atoms with van der Waals surface area (Å²) >= 11 is 0. The molecule has 2 amide bonds. The normalized spacial score (nSPS) is 13.2. The van der Waals surface area contributed by atoms with Crippen molar-refractivity contribution < 1.29 is 19.1 Å². The van der Waals surface area contributed by atoms with Gasteiger partial charge in [0.05, 0.1) is 12.0 Å². The van der Waals surface area contributed by atoms with Crippen LogP contribution in [0.3, 0.4) is 0 Å². The SMILES string of the molecule is CC(=O)CCc1cccc(Oc2cccc3c2C(=O)NC(=O)C3)c1. The van der Waals surface area contributed by atoms with Gasteiger partial charge in [0.15, 0.2) is 0 Å². The van der Waals surface area contributed by atoms with Gasteiger partial charge in [-0.05, 0) is 42.7 Å². The molecule has 2 aromatic rings. The van der Waals surface area contributed by atoms with Crippen LogP contribution in [0, 0.1) is 0 Å². The molecule has 122 valence electrons. The van der Waals surface area contributed by atoms with Gasteiger partial charge in [0.2, 0.25) is 5.91 Å². The number of fused-ring (bicyclic) bond motifs is 1. The minimum Gasteiger partial charge on any atom is -0.457 e. The van der Waals surface area contributed by atoms with Crippen LogP contribution in [0.2, 0.25) is 0 Å². The Hall–Kier alpha value is -2.95. The van der Waals surface area contributed by atoms with Crippen LogP contribution in [-0.4, -0.2) is 17.6 Å². The van der Waals surface area contributed by atoms with E-state index in [2.05, 4.69) is 5.32 Å². The maximum Gasteiger partial charge on any atom is 0.261 e. The summed E-state index contributed by atoms with van der Waals surface area (Å²) in [5.74, 6) is 0.399. The predicted octanol–water partition coefficient (Wildman–Crippen LogP) is 2.81. The van der Waals surface area contributed by atoms with E-state index in [9.17, 15) is 14.4 Å². The number of imide groups is 1. The number of hydrogen-bond donors (Lipinski definition) is 1. The Morgan fingerprint density at radius 3 is 2.75 bits per heavy atom. The molecule has 5 nitrogen and oxygen atoms in total. The average Bonchev–Trinajstić information content (AvgIpc) is 2.53. The Labute approximate surface area is 139 Å². The van der Waals surface area contributed by atoms with Gasteiger partial charge in [-0.2, -0.15) is 0 Å². The molecule has 1 aliphatic heterocycles. The third kappa shape index (κ3) is 3.51. The number of rotatable bonds is 5. The van der Waals surface area contributed by atoms with E-state index in [-0.39, 0.29) is 18.1 Å². The number of ether oxygens (including phenoxy) is 1. The van der Waals surface area contributed by atoms with Crippen LogP contribution in [0.25, 0.3) is 0 Å². The first-order valence-electron chi connectivity index (χ1n) is 7.75. The van der Waals surface area contributed by atoms with Gasteiger partial charge in [-0.1, -0.05) is 24.3 Å². The van der Waals surface area contributed by atoms with Crippen molar-refractivity contribution in [3.8, 4) is 11.5 Å². The molecule has 1 heterocycles. The Bertz CT molecular complexity index is 826. The summed E-state index contributed by atoms with van der Waals surface area (Å²) in [4.78, 5) is 34.7. The van der Waals surface area contributed by atoms with Crippen LogP contribution in [0.1, 0.15) is 34.8 Å². The van der Waals surface area contributed by atoms with Crippen molar-refractivity contribution in [2.75, 3.05) is 0 Å². The first-order chi connectivity index (χ1) is 11.5. The van der Waals surface area contributed by atoms with Gasteiger partial charge in [0.1, 0.15) is 17.3 Å². The summed E-state index contributed by atoms with van der Waals surface area (Å²) in [6.45, 7) is 1.57. The van der Waals surface area contributed by atoms with Crippen LogP contribution >= 0.6 is 0 Å². The fourth-order valence-corrected chi connectivity index (χ4v) is 2.68. The van der Waals surface area contributed by atoms with Crippen LogP contribution in [-0.2, 0) is 22.4 Å². The van der Waals surface area contributed by atoms with Crippen molar-refractivity contribution in [2.24, 2.45) is 0 Å². The zero-order valence-corrected chi connectivity index (χ0v) is 13.3. The van der Waals surface area contributed by atoms with Crippen molar-refractivity contribution in [1.29, 1.82) is 0 Å². The van der Waals surface area contributed by atoms with E-state index in [1.165, 1.54) is 0 Å². The lowest BCUT2D eigenvalue weighted by Crippen LogP contribution is -2.37. The second-order valence-electron chi connectivity index (χ2n) is 5.80. The lowest BCUT2D eigenvalue weighted by molar-refractivity contribution is -0.120. The molecule has 0 saturated heterocycles. The molecule has 24 heavy (non-hydrogen) atoms. The molecule has 2 aromatic carbocycles. The van der Waals surface area contributed by atoms with Crippen LogP contribution in [0.15, 0.2) is 42.5 Å². The fourth-order valence-electron chi connectivity index (χ4n) is 2.68. The van der Waals surface area contributed by atoms with Crippen LogP contribution in [0.5, 0.6) is 11.5 Å². The van der Waals surface area contributed by atoms with Crippen LogP contribution < -0.4 is 10.1 Å². The lowest BCUT2D eigenvalue weighted by Gasteiger charge is -2.18. The number of aryl methyl sites for hydroxylation is 1. The molecular formula is C19H17NO4. The molecule has 0 aromatic heterocycles. The molecule has 0 bridgehead atoms. The van der Waals surface area contributed by atoms with Crippen molar-refractivity contribution in [1.82, 2.24) is 5.32 Å². The highest BCUT2D eigenvalue weighted by molar-refractivity contribution is 6.11. The summed E-state index contributed by atoms with van der Waals surface area (Å²) < 4.78 is 5.87. The van der Waals surface area contributed by atoms with Crippen molar-refractivity contribution >= 4 is 17.6 Å². The Morgan fingerprint density at radius 2 is 1.96 bits per heavy atom.